The molecule has 2 aliphatic heterocycles. The number of halogens is 1. The lowest BCUT2D eigenvalue weighted by molar-refractivity contribution is 0.00148. The molecule has 2 heterocycles. The molecule has 1 fully saturated rings. The molecular formula is C18H28IN3O2. The van der Waals surface area contributed by atoms with E-state index in [1.54, 1.807) is 0 Å². The normalized spacial score (nSPS) is 26.7. The Labute approximate surface area is 161 Å². The molecule has 3 rings (SSSR count). The van der Waals surface area contributed by atoms with E-state index >= 15 is 0 Å². The zero-order valence-corrected chi connectivity index (χ0v) is 16.6. The third-order valence-corrected chi connectivity index (χ3v) is 4.69. The van der Waals surface area contributed by atoms with Crippen LogP contribution in [-0.4, -0.2) is 31.8 Å². The van der Waals surface area contributed by atoms with Crippen molar-refractivity contribution in [1.29, 1.82) is 0 Å². The third kappa shape index (κ3) is 5.24. The van der Waals surface area contributed by atoms with Crippen LogP contribution >= 0.6 is 24.0 Å². The van der Waals surface area contributed by atoms with Crippen LogP contribution in [0.2, 0.25) is 0 Å². The van der Waals surface area contributed by atoms with Gasteiger partial charge in [-0.2, -0.15) is 0 Å². The van der Waals surface area contributed by atoms with E-state index in [1.165, 1.54) is 0 Å². The van der Waals surface area contributed by atoms with Crippen molar-refractivity contribution in [2.45, 2.75) is 44.8 Å². The molecule has 1 saturated heterocycles. The van der Waals surface area contributed by atoms with Gasteiger partial charge in [-0.25, -0.2) is 0 Å². The lowest BCUT2D eigenvalue weighted by Gasteiger charge is -2.27. The van der Waals surface area contributed by atoms with Crippen molar-refractivity contribution in [1.82, 2.24) is 5.32 Å². The number of nitrogens with two attached hydrogens (primary N) is 1. The molecule has 2 aliphatic rings. The molecule has 3 N–H and O–H groups in total. The van der Waals surface area contributed by atoms with Gasteiger partial charge in [0.05, 0.1) is 18.8 Å². The van der Waals surface area contributed by atoms with Gasteiger partial charge in [-0.3, -0.25) is 4.99 Å². The SMILES string of the molecule is CC1CC(CCN=C(N)NC2CCOc3ccccc32)CCO1.I. The zero-order valence-electron chi connectivity index (χ0n) is 14.2. The summed E-state index contributed by atoms with van der Waals surface area (Å²) in [5.41, 5.74) is 7.24. The van der Waals surface area contributed by atoms with Crippen molar-refractivity contribution < 1.29 is 9.47 Å². The number of rotatable bonds is 4. The van der Waals surface area contributed by atoms with Gasteiger partial charge in [-0.15, -0.1) is 24.0 Å². The molecule has 24 heavy (non-hydrogen) atoms. The molecule has 3 atom stereocenters. The molecule has 5 nitrogen and oxygen atoms in total. The van der Waals surface area contributed by atoms with Crippen LogP contribution in [-0.2, 0) is 4.74 Å². The predicted octanol–water partition coefficient (Wildman–Crippen LogP) is 3.24. The number of nitrogens with one attached hydrogen (secondary N) is 1. The first-order valence-corrected chi connectivity index (χ1v) is 8.62. The Morgan fingerprint density at radius 1 is 1.29 bits per heavy atom. The summed E-state index contributed by atoms with van der Waals surface area (Å²) in [5.74, 6) is 2.19. The van der Waals surface area contributed by atoms with E-state index in [0.29, 0.717) is 24.6 Å². The summed E-state index contributed by atoms with van der Waals surface area (Å²) in [6.45, 7) is 4.51. The fraction of sp³-hybridized carbons (Fsp3) is 0.611. The van der Waals surface area contributed by atoms with Crippen LogP contribution in [0.1, 0.15) is 44.2 Å². The van der Waals surface area contributed by atoms with Gasteiger partial charge < -0.3 is 20.5 Å². The summed E-state index contributed by atoms with van der Waals surface area (Å²) in [5, 5.41) is 3.34. The van der Waals surface area contributed by atoms with E-state index in [-0.39, 0.29) is 30.0 Å². The van der Waals surface area contributed by atoms with Crippen molar-refractivity contribution in [3.63, 3.8) is 0 Å². The molecule has 1 aromatic carbocycles. The topological polar surface area (TPSA) is 68.9 Å². The molecule has 0 aliphatic carbocycles. The van der Waals surface area contributed by atoms with Crippen LogP contribution in [0, 0.1) is 5.92 Å². The van der Waals surface area contributed by atoms with Crippen molar-refractivity contribution in [3.05, 3.63) is 29.8 Å². The molecule has 0 radical (unpaired) electrons. The standard InChI is InChI=1S/C18H27N3O2.HI/c1-13-12-14(7-10-22-13)6-9-20-18(19)21-16-8-11-23-17-5-3-2-4-15(16)17;/h2-5,13-14,16H,6-12H2,1H3,(H3,19,20,21);1H. The van der Waals surface area contributed by atoms with Gasteiger partial charge in [0.25, 0.3) is 0 Å². The monoisotopic (exact) mass is 445 g/mol. The minimum absolute atomic E-state index is 0. The first kappa shape index (κ1) is 19.3. The summed E-state index contributed by atoms with van der Waals surface area (Å²) in [6, 6.07) is 8.30. The number of guanidine groups is 1. The third-order valence-electron chi connectivity index (χ3n) is 4.69. The zero-order chi connectivity index (χ0) is 16.1. The number of aliphatic imine (C=N–C) groups is 1. The Morgan fingerprint density at radius 2 is 2.12 bits per heavy atom. The Morgan fingerprint density at radius 3 is 2.96 bits per heavy atom. The van der Waals surface area contributed by atoms with Crippen molar-refractivity contribution in [2.75, 3.05) is 19.8 Å². The van der Waals surface area contributed by atoms with E-state index in [1.807, 2.05) is 18.2 Å². The maximum Gasteiger partial charge on any atom is 0.189 e. The summed E-state index contributed by atoms with van der Waals surface area (Å²) >= 11 is 0. The molecule has 0 spiro atoms. The second kappa shape index (κ2) is 9.46. The minimum Gasteiger partial charge on any atom is -0.493 e. The highest BCUT2D eigenvalue weighted by Crippen LogP contribution is 2.31. The average Bonchev–Trinajstić information content (AvgIpc) is 2.55. The fourth-order valence-corrected chi connectivity index (χ4v) is 3.44. The Bertz CT molecular complexity index is 553. The van der Waals surface area contributed by atoms with Gasteiger partial charge in [-0.1, -0.05) is 18.2 Å². The summed E-state index contributed by atoms with van der Waals surface area (Å²) in [4.78, 5) is 4.51. The number of hydrogen-bond acceptors (Lipinski definition) is 3. The smallest absolute Gasteiger partial charge is 0.189 e. The van der Waals surface area contributed by atoms with Gasteiger partial charge in [0.2, 0.25) is 0 Å². The van der Waals surface area contributed by atoms with Crippen LogP contribution in [0.4, 0.5) is 0 Å². The summed E-state index contributed by atoms with van der Waals surface area (Å²) < 4.78 is 11.3. The van der Waals surface area contributed by atoms with Crippen molar-refractivity contribution >= 4 is 29.9 Å². The van der Waals surface area contributed by atoms with Gasteiger partial charge in [0.15, 0.2) is 5.96 Å². The number of benzene rings is 1. The van der Waals surface area contributed by atoms with Crippen LogP contribution in [0.15, 0.2) is 29.3 Å². The highest BCUT2D eigenvalue weighted by Gasteiger charge is 2.21. The van der Waals surface area contributed by atoms with Crippen molar-refractivity contribution in [3.8, 4) is 5.75 Å². The van der Waals surface area contributed by atoms with Crippen LogP contribution in [0.25, 0.3) is 0 Å². The van der Waals surface area contributed by atoms with E-state index in [2.05, 4.69) is 23.3 Å². The number of nitrogens with zero attached hydrogens (tertiary/aromatic N) is 1. The van der Waals surface area contributed by atoms with Crippen LogP contribution < -0.4 is 15.8 Å². The first-order valence-electron chi connectivity index (χ1n) is 8.62. The molecular weight excluding hydrogens is 417 g/mol. The molecule has 0 aromatic heterocycles. The molecule has 3 unspecified atom stereocenters. The van der Waals surface area contributed by atoms with E-state index in [4.69, 9.17) is 15.2 Å². The Hall–Kier alpha value is -1.02. The number of para-hydroxylation sites is 1. The number of hydrogen-bond donors (Lipinski definition) is 2. The first-order chi connectivity index (χ1) is 11.2. The van der Waals surface area contributed by atoms with Crippen molar-refractivity contribution in [2.24, 2.45) is 16.6 Å². The lowest BCUT2D eigenvalue weighted by atomic mass is 9.93. The number of fused-ring (bicyclic) bond motifs is 1. The molecule has 6 heteroatoms. The molecule has 0 amide bonds. The van der Waals surface area contributed by atoms with Gasteiger partial charge in [0.1, 0.15) is 5.75 Å². The Kier molecular flexibility index (Phi) is 7.61. The Balaban J connectivity index is 0.00000208. The second-order valence-electron chi connectivity index (χ2n) is 6.50. The maximum absolute atomic E-state index is 6.08. The highest BCUT2D eigenvalue weighted by atomic mass is 127. The molecule has 0 bridgehead atoms. The summed E-state index contributed by atoms with van der Waals surface area (Å²) in [6.07, 6.45) is 4.65. The van der Waals surface area contributed by atoms with Gasteiger partial charge in [-0.05, 0) is 38.2 Å². The average molecular weight is 445 g/mol. The maximum atomic E-state index is 6.08. The fourth-order valence-electron chi connectivity index (χ4n) is 3.44. The largest absolute Gasteiger partial charge is 0.493 e. The quantitative estimate of drug-likeness (QED) is 0.424. The van der Waals surface area contributed by atoms with E-state index in [9.17, 15) is 0 Å². The molecule has 1 aromatic rings. The minimum atomic E-state index is 0. The number of ether oxygens (including phenoxy) is 2. The van der Waals surface area contributed by atoms with E-state index in [0.717, 1.165) is 50.1 Å². The summed E-state index contributed by atoms with van der Waals surface area (Å²) in [7, 11) is 0. The van der Waals surface area contributed by atoms with Gasteiger partial charge >= 0.3 is 0 Å². The van der Waals surface area contributed by atoms with E-state index < -0.39 is 0 Å². The highest BCUT2D eigenvalue weighted by molar-refractivity contribution is 14.0. The van der Waals surface area contributed by atoms with Gasteiger partial charge in [0, 0.05) is 25.1 Å². The molecule has 0 saturated carbocycles. The second-order valence-corrected chi connectivity index (χ2v) is 6.50. The van der Waals surface area contributed by atoms with Crippen LogP contribution in [0.3, 0.4) is 0 Å². The predicted molar refractivity (Wildman–Crippen MR) is 107 cm³/mol. The lowest BCUT2D eigenvalue weighted by Crippen LogP contribution is -2.37. The van der Waals surface area contributed by atoms with Crippen LogP contribution in [0.5, 0.6) is 5.75 Å². The molecule has 134 valence electrons.